The topological polar surface area (TPSA) is 112 Å². The zero-order valence-corrected chi connectivity index (χ0v) is 20.7. The Balaban J connectivity index is 1.81. The van der Waals surface area contributed by atoms with E-state index in [1.807, 2.05) is 0 Å². The Hall–Kier alpha value is -3.89. The molecule has 0 saturated carbocycles. The van der Waals surface area contributed by atoms with Crippen LogP contribution in [-0.2, 0) is 21.4 Å². The molecule has 5 rings (SSSR count). The highest BCUT2D eigenvalue weighted by atomic mass is 35.5. The zero-order valence-electron chi connectivity index (χ0n) is 19.1. The minimum atomic E-state index is -4.26. The van der Waals surface area contributed by atoms with Crippen LogP contribution in [0, 0.1) is 0 Å². The molecule has 0 saturated heterocycles. The second-order valence-electron chi connectivity index (χ2n) is 7.91. The molecule has 2 heterocycles. The molecular weight excluding hydrogens is 510 g/mol. The maximum absolute atomic E-state index is 13.8. The van der Waals surface area contributed by atoms with Gasteiger partial charge in [0.2, 0.25) is 6.79 Å². The van der Waals surface area contributed by atoms with Crippen molar-refractivity contribution in [2.75, 3.05) is 21.0 Å². The smallest absolute Gasteiger partial charge is 0.353 e. The second kappa shape index (κ2) is 8.96. The van der Waals surface area contributed by atoms with Crippen molar-refractivity contribution >= 4 is 33.2 Å². The number of benzene rings is 3. The molecular formula is C25H20ClNO8S. The Morgan fingerprint density at radius 3 is 2.36 bits per heavy atom. The van der Waals surface area contributed by atoms with Crippen LogP contribution in [0.2, 0.25) is 5.02 Å². The lowest BCUT2D eigenvalue weighted by molar-refractivity contribution is -0.133. The van der Waals surface area contributed by atoms with E-state index in [4.69, 9.17) is 30.5 Å². The van der Waals surface area contributed by atoms with Crippen molar-refractivity contribution in [3.63, 3.8) is 0 Å². The van der Waals surface area contributed by atoms with Crippen LogP contribution in [0.5, 0.6) is 23.0 Å². The van der Waals surface area contributed by atoms with Gasteiger partial charge >= 0.3 is 5.97 Å². The predicted octanol–water partition coefficient (Wildman–Crippen LogP) is 4.13. The fourth-order valence-electron chi connectivity index (χ4n) is 4.35. The molecule has 0 radical (unpaired) electrons. The summed E-state index contributed by atoms with van der Waals surface area (Å²) in [6, 6.07) is 14.2. The van der Waals surface area contributed by atoms with E-state index in [9.17, 15) is 18.3 Å². The van der Waals surface area contributed by atoms with Crippen LogP contribution < -0.4 is 18.9 Å². The lowest BCUT2D eigenvalue weighted by Crippen LogP contribution is -2.37. The van der Waals surface area contributed by atoms with E-state index in [0.717, 1.165) is 4.31 Å². The maximum atomic E-state index is 13.8. The third kappa shape index (κ3) is 3.78. The molecule has 2 aliphatic heterocycles. The Bertz CT molecular complexity index is 1510. The number of fused-ring (bicyclic) bond motifs is 2. The summed E-state index contributed by atoms with van der Waals surface area (Å²) >= 11 is 6.22. The summed E-state index contributed by atoms with van der Waals surface area (Å²) in [6.45, 7) is -0.217. The maximum Gasteiger partial charge on any atom is 0.353 e. The van der Waals surface area contributed by atoms with Crippen molar-refractivity contribution in [2.24, 2.45) is 0 Å². The normalized spacial score (nSPS) is 15.5. The van der Waals surface area contributed by atoms with Crippen LogP contribution in [0.15, 0.2) is 65.2 Å². The van der Waals surface area contributed by atoms with Gasteiger partial charge in [0.1, 0.15) is 17.2 Å². The second-order valence-corrected chi connectivity index (χ2v) is 10.2. The van der Waals surface area contributed by atoms with E-state index in [0.29, 0.717) is 22.1 Å². The number of halogens is 1. The standard InChI is InChI=1S/C25H20ClNO8S/c1-32-19-10-15(26)11-20(33-2)23(19)22-16-5-3-4-6-21(16)36(30,31)27(24(22)25(28)29)12-14-7-8-17-18(9-14)35-13-34-17/h3-11H,12-13H2,1-2H3,(H,28,29). The van der Waals surface area contributed by atoms with Crippen LogP contribution in [0.4, 0.5) is 0 Å². The van der Waals surface area contributed by atoms with Crippen LogP contribution >= 0.6 is 11.6 Å². The highest BCUT2D eigenvalue weighted by Gasteiger charge is 2.42. The fourth-order valence-corrected chi connectivity index (χ4v) is 6.21. The summed E-state index contributed by atoms with van der Waals surface area (Å²) in [5, 5.41) is 10.7. The van der Waals surface area contributed by atoms with Gasteiger partial charge in [0, 0.05) is 16.2 Å². The van der Waals surface area contributed by atoms with Gasteiger partial charge < -0.3 is 24.1 Å². The number of hydrogen-bond acceptors (Lipinski definition) is 7. The predicted molar refractivity (Wildman–Crippen MR) is 130 cm³/mol. The highest BCUT2D eigenvalue weighted by Crippen LogP contribution is 2.48. The van der Waals surface area contributed by atoms with Crippen molar-refractivity contribution in [2.45, 2.75) is 11.4 Å². The molecule has 0 atom stereocenters. The van der Waals surface area contributed by atoms with E-state index >= 15 is 0 Å². The number of aliphatic carboxylic acids is 1. The molecule has 9 nitrogen and oxygen atoms in total. The number of carboxylic acids is 1. The van der Waals surface area contributed by atoms with Crippen molar-refractivity contribution in [3.05, 3.63) is 82.0 Å². The molecule has 3 aromatic carbocycles. The Labute approximate surface area is 212 Å². The van der Waals surface area contributed by atoms with E-state index in [1.165, 1.54) is 32.4 Å². The number of nitrogens with zero attached hydrogens (tertiary/aromatic N) is 1. The Morgan fingerprint density at radius 1 is 1.03 bits per heavy atom. The fraction of sp³-hybridized carbons (Fsp3) is 0.160. The summed E-state index contributed by atoms with van der Waals surface area (Å²) < 4.78 is 50.2. The van der Waals surface area contributed by atoms with Gasteiger partial charge in [-0.2, -0.15) is 0 Å². The Morgan fingerprint density at radius 2 is 1.69 bits per heavy atom. The van der Waals surface area contributed by atoms with Crippen molar-refractivity contribution in [1.29, 1.82) is 0 Å². The average molecular weight is 530 g/mol. The van der Waals surface area contributed by atoms with Crippen LogP contribution in [-0.4, -0.2) is 44.8 Å². The summed E-state index contributed by atoms with van der Waals surface area (Å²) in [6.07, 6.45) is 0. The molecule has 186 valence electrons. The van der Waals surface area contributed by atoms with Crippen LogP contribution in [0.3, 0.4) is 0 Å². The molecule has 0 fully saturated rings. The first-order valence-corrected chi connectivity index (χ1v) is 12.5. The third-order valence-corrected chi connectivity index (χ3v) is 7.92. The van der Waals surface area contributed by atoms with E-state index in [-0.39, 0.29) is 46.4 Å². The van der Waals surface area contributed by atoms with Crippen molar-refractivity contribution in [3.8, 4) is 23.0 Å². The monoisotopic (exact) mass is 529 g/mol. The number of hydrogen-bond donors (Lipinski definition) is 1. The first kappa shape index (κ1) is 23.8. The summed E-state index contributed by atoms with van der Waals surface area (Å²) in [5.41, 5.74) is 0.648. The number of carbonyl (C=O) groups is 1. The summed E-state index contributed by atoms with van der Waals surface area (Å²) in [4.78, 5) is 12.7. The first-order chi connectivity index (χ1) is 17.3. The number of ether oxygens (including phenoxy) is 4. The van der Waals surface area contributed by atoms with Gasteiger partial charge in [-0.3, -0.25) is 4.31 Å². The van der Waals surface area contributed by atoms with E-state index < -0.39 is 21.7 Å². The van der Waals surface area contributed by atoms with Gasteiger partial charge in [0.25, 0.3) is 10.0 Å². The largest absolute Gasteiger partial charge is 0.496 e. The van der Waals surface area contributed by atoms with Gasteiger partial charge in [-0.15, -0.1) is 0 Å². The molecule has 2 aliphatic rings. The van der Waals surface area contributed by atoms with Gasteiger partial charge in [-0.25, -0.2) is 13.2 Å². The zero-order chi connectivity index (χ0) is 25.6. The lowest BCUT2D eigenvalue weighted by atomic mass is 9.93. The van der Waals surface area contributed by atoms with E-state index in [1.54, 1.807) is 36.4 Å². The highest BCUT2D eigenvalue weighted by molar-refractivity contribution is 7.89. The van der Waals surface area contributed by atoms with E-state index in [2.05, 4.69) is 0 Å². The minimum absolute atomic E-state index is 0.0504. The van der Waals surface area contributed by atoms with Gasteiger partial charge in [-0.1, -0.05) is 35.9 Å². The molecule has 1 N–H and O–H groups in total. The SMILES string of the molecule is COc1cc(Cl)cc(OC)c1C1=C(C(=O)O)N(Cc2ccc3c(c2)OCO3)S(=O)(=O)c2ccccc21. The first-order valence-electron chi connectivity index (χ1n) is 10.7. The molecule has 0 unspecified atom stereocenters. The molecule has 0 amide bonds. The molecule has 0 spiro atoms. The number of sulfonamides is 1. The van der Waals surface area contributed by atoms with Gasteiger partial charge in [0.05, 0.1) is 31.2 Å². The van der Waals surface area contributed by atoms with Crippen molar-refractivity contribution in [1.82, 2.24) is 4.31 Å². The molecule has 36 heavy (non-hydrogen) atoms. The van der Waals surface area contributed by atoms with Crippen molar-refractivity contribution < 1.29 is 37.3 Å². The van der Waals surface area contributed by atoms with Gasteiger partial charge in [0.15, 0.2) is 11.5 Å². The molecule has 0 bridgehead atoms. The Kier molecular flexibility index (Phi) is 5.93. The van der Waals surface area contributed by atoms with Crippen LogP contribution in [0.1, 0.15) is 16.7 Å². The summed E-state index contributed by atoms with van der Waals surface area (Å²) in [7, 11) is -1.45. The number of carboxylic acid groups (broad SMARTS) is 1. The number of methoxy groups -OCH3 is 2. The lowest BCUT2D eigenvalue weighted by Gasteiger charge is -2.33. The number of rotatable bonds is 6. The minimum Gasteiger partial charge on any atom is -0.496 e. The third-order valence-electron chi connectivity index (χ3n) is 5.90. The molecule has 0 aromatic heterocycles. The molecule has 11 heteroatoms. The molecule has 3 aromatic rings. The quantitative estimate of drug-likeness (QED) is 0.507. The molecule has 0 aliphatic carbocycles. The van der Waals surface area contributed by atoms with Gasteiger partial charge in [-0.05, 0) is 35.9 Å². The summed E-state index contributed by atoms with van der Waals surface area (Å²) in [5.74, 6) is -0.0151. The average Bonchev–Trinajstić information content (AvgIpc) is 3.33. The van der Waals surface area contributed by atoms with Crippen LogP contribution in [0.25, 0.3) is 5.57 Å².